The molecule has 0 heterocycles. The van der Waals surface area contributed by atoms with Crippen molar-refractivity contribution in [1.29, 1.82) is 0 Å². The van der Waals surface area contributed by atoms with Crippen LogP contribution in [0.25, 0.3) is 0 Å². The van der Waals surface area contributed by atoms with Crippen molar-refractivity contribution in [2.45, 2.75) is 53.0 Å². The molecule has 1 N–H and O–H groups in total. The van der Waals surface area contributed by atoms with Crippen molar-refractivity contribution in [3.05, 3.63) is 47.6 Å². The van der Waals surface area contributed by atoms with E-state index in [9.17, 15) is 5.11 Å². The monoisotopic (exact) mass is 365 g/mol. The van der Waals surface area contributed by atoms with Crippen molar-refractivity contribution in [1.82, 2.24) is 0 Å². The van der Waals surface area contributed by atoms with E-state index in [1.54, 1.807) is 6.07 Å². The number of hydrogen-bond acceptors (Lipinski definition) is 1. The van der Waals surface area contributed by atoms with Crippen molar-refractivity contribution in [3.63, 3.8) is 0 Å². The van der Waals surface area contributed by atoms with Gasteiger partial charge < -0.3 is 5.11 Å². The van der Waals surface area contributed by atoms with Gasteiger partial charge in [0.15, 0.2) is 0 Å². The van der Waals surface area contributed by atoms with Crippen LogP contribution in [0.15, 0.2) is 35.9 Å². The second-order valence-corrected chi connectivity index (χ2v) is 12.4. The second-order valence-electron chi connectivity index (χ2n) is 6.27. The summed E-state index contributed by atoms with van der Waals surface area (Å²) in [5.41, 5.74) is 2.42. The number of benzene rings is 1. The van der Waals surface area contributed by atoms with Crippen molar-refractivity contribution >= 4 is 22.8 Å². The van der Waals surface area contributed by atoms with E-state index in [1.165, 1.54) is 10.8 Å². The maximum absolute atomic E-state index is 9.38. The average Bonchev–Trinajstić information content (AvgIpc) is 2.80. The largest absolute Gasteiger partial charge is 0.508 e. The standard InChI is InChI=1S/C10H16OSi.C6H7.C2H6Si.Ti/c1-8-5-9(11)7-10(6-8)12(2,3)4;1-6-4-2-3-5-6;1-3-2;/h5-7,11H,1-4H3;2,4H,3H2,1H3;1-2H3;/q;-1;;. The second kappa shape index (κ2) is 12.1. The van der Waals surface area contributed by atoms with Gasteiger partial charge in [-0.05, 0) is 24.6 Å². The van der Waals surface area contributed by atoms with Crippen LogP contribution in [0.4, 0.5) is 0 Å². The Bertz CT molecular complexity index is 465. The van der Waals surface area contributed by atoms with E-state index < -0.39 is 8.07 Å². The minimum absolute atomic E-state index is 0. The summed E-state index contributed by atoms with van der Waals surface area (Å²) in [6.07, 6.45) is 8.33. The quantitative estimate of drug-likeness (QED) is 0.564. The van der Waals surface area contributed by atoms with Gasteiger partial charge >= 0.3 is 0 Å². The summed E-state index contributed by atoms with van der Waals surface area (Å²) in [5, 5.41) is 10.7. The molecule has 0 spiro atoms. The zero-order valence-corrected chi connectivity index (χ0v) is 18.6. The Morgan fingerprint density at radius 2 is 1.64 bits per heavy atom. The molecular weight excluding hydrogens is 336 g/mol. The van der Waals surface area contributed by atoms with Gasteiger partial charge in [0, 0.05) is 31.2 Å². The van der Waals surface area contributed by atoms with Crippen LogP contribution in [0, 0.1) is 13.0 Å². The Morgan fingerprint density at radius 3 is 1.91 bits per heavy atom. The fourth-order valence-corrected chi connectivity index (χ4v) is 2.95. The van der Waals surface area contributed by atoms with E-state index in [2.05, 4.69) is 64.0 Å². The first-order valence-electron chi connectivity index (χ1n) is 7.34. The van der Waals surface area contributed by atoms with Crippen LogP contribution in [0.5, 0.6) is 5.75 Å². The Labute approximate surface area is 155 Å². The first-order valence-corrected chi connectivity index (χ1v) is 12.8. The molecule has 1 nitrogen and oxygen atoms in total. The first-order chi connectivity index (χ1) is 9.70. The zero-order chi connectivity index (χ0) is 16.5. The molecule has 2 rings (SSSR count). The number of aryl methyl sites for hydroxylation is 1. The number of phenols is 1. The minimum atomic E-state index is -1.26. The van der Waals surface area contributed by atoms with Gasteiger partial charge in [0.05, 0.1) is 8.07 Å². The van der Waals surface area contributed by atoms with Gasteiger partial charge in [-0.2, -0.15) is 6.08 Å². The maximum atomic E-state index is 9.38. The van der Waals surface area contributed by atoms with Crippen molar-refractivity contribution < 1.29 is 26.8 Å². The molecule has 1 aliphatic carbocycles. The summed E-state index contributed by atoms with van der Waals surface area (Å²) in [6, 6.07) is 5.86. The Kier molecular flexibility index (Phi) is 13.2. The molecule has 0 aliphatic heterocycles. The summed E-state index contributed by atoms with van der Waals surface area (Å²) in [6.45, 7) is 15.2. The molecule has 0 fully saturated rings. The molecule has 4 heteroatoms. The third-order valence-electron chi connectivity index (χ3n) is 2.79. The third kappa shape index (κ3) is 11.2. The summed E-state index contributed by atoms with van der Waals surface area (Å²) in [4.78, 5) is 0. The summed E-state index contributed by atoms with van der Waals surface area (Å²) < 4.78 is 0. The van der Waals surface area contributed by atoms with E-state index >= 15 is 0 Å². The molecule has 120 valence electrons. The van der Waals surface area contributed by atoms with Crippen molar-refractivity contribution in [2.75, 3.05) is 0 Å². The Balaban J connectivity index is 0. The molecule has 0 atom stereocenters. The van der Waals surface area contributed by atoms with Crippen LogP contribution >= 0.6 is 0 Å². The predicted octanol–water partition coefficient (Wildman–Crippen LogP) is 4.73. The number of phenolic OH excluding ortho intramolecular Hbond substituents is 1. The summed E-state index contributed by atoms with van der Waals surface area (Å²) in [5.74, 6) is 0.396. The molecular formula is C18H29OSi2Ti-. The minimum Gasteiger partial charge on any atom is -0.508 e. The van der Waals surface area contributed by atoms with Gasteiger partial charge in [0.1, 0.15) is 5.75 Å². The topological polar surface area (TPSA) is 20.2 Å². The fraction of sp³-hybridized carbons (Fsp3) is 0.444. The van der Waals surface area contributed by atoms with Gasteiger partial charge in [-0.25, -0.2) is 11.6 Å². The molecule has 0 amide bonds. The Morgan fingerprint density at radius 1 is 1.09 bits per heavy atom. The van der Waals surface area contributed by atoms with Crippen LogP contribution in [0.2, 0.25) is 32.7 Å². The van der Waals surface area contributed by atoms with E-state index in [4.69, 9.17) is 0 Å². The van der Waals surface area contributed by atoms with Crippen molar-refractivity contribution in [3.8, 4) is 5.75 Å². The number of rotatable bonds is 1. The van der Waals surface area contributed by atoms with Crippen LogP contribution in [0.1, 0.15) is 18.9 Å². The summed E-state index contributed by atoms with van der Waals surface area (Å²) >= 11 is 0. The average molecular weight is 365 g/mol. The van der Waals surface area contributed by atoms with Gasteiger partial charge in [-0.3, -0.25) is 6.08 Å². The fourth-order valence-electron chi connectivity index (χ4n) is 1.71. The zero-order valence-electron chi connectivity index (χ0n) is 15.0. The van der Waals surface area contributed by atoms with Gasteiger partial charge in [-0.1, -0.05) is 50.9 Å². The Hall–Kier alpha value is -0.352. The molecule has 0 unspecified atom stereocenters. The molecule has 22 heavy (non-hydrogen) atoms. The van der Waals surface area contributed by atoms with E-state index in [1.807, 2.05) is 13.0 Å². The summed E-state index contributed by atoms with van der Waals surface area (Å²) in [7, 11) is -0.173. The molecule has 0 saturated carbocycles. The SMILES string of the molecule is CC1=[C-]CC=C1.C[Si]C.Cc1cc(O)cc([Si](C)(C)C)c1.[Ti]. The first kappa shape index (κ1) is 23.9. The van der Waals surface area contributed by atoms with Gasteiger partial charge in [0.25, 0.3) is 0 Å². The molecule has 1 aromatic rings. The molecule has 1 aliphatic rings. The molecule has 0 aromatic heterocycles. The maximum Gasteiger partial charge on any atom is 0.115 e. The van der Waals surface area contributed by atoms with Crippen LogP contribution in [-0.4, -0.2) is 22.7 Å². The van der Waals surface area contributed by atoms with Gasteiger partial charge in [-0.15, -0.1) is 6.42 Å². The number of aromatic hydroxyl groups is 1. The predicted molar refractivity (Wildman–Crippen MR) is 99.5 cm³/mol. The smallest absolute Gasteiger partial charge is 0.115 e. The third-order valence-corrected chi connectivity index (χ3v) is 4.82. The van der Waals surface area contributed by atoms with Gasteiger partial charge in [0.2, 0.25) is 0 Å². The van der Waals surface area contributed by atoms with E-state index in [0.29, 0.717) is 5.75 Å². The number of allylic oxidation sites excluding steroid dienone is 4. The molecule has 0 saturated heterocycles. The normalized spacial score (nSPS) is 12.2. The molecule has 2 radical (unpaired) electrons. The van der Waals surface area contributed by atoms with Crippen molar-refractivity contribution in [2.24, 2.45) is 0 Å². The number of hydrogen-bond donors (Lipinski definition) is 1. The molecule has 1 aromatic carbocycles. The van der Waals surface area contributed by atoms with Crippen LogP contribution in [0.3, 0.4) is 0 Å². The van der Waals surface area contributed by atoms with Crippen LogP contribution in [-0.2, 0) is 21.7 Å². The molecule has 0 bridgehead atoms. The van der Waals surface area contributed by atoms with E-state index in [-0.39, 0.29) is 21.7 Å². The van der Waals surface area contributed by atoms with Crippen LogP contribution < -0.4 is 5.19 Å². The van der Waals surface area contributed by atoms with E-state index in [0.717, 1.165) is 21.5 Å².